The van der Waals surface area contributed by atoms with Crippen molar-refractivity contribution >= 4 is 44.1 Å². The molecule has 4 aromatic rings. The Morgan fingerprint density at radius 2 is 1.95 bits per heavy atom. The first kappa shape index (κ1) is 26.2. The number of carbonyl (C=O) groups is 1. The molecule has 0 unspecified atom stereocenters. The zero-order chi connectivity index (χ0) is 26.9. The molecule has 194 valence electrons. The molecule has 0 radical (unpaired) electrons. The topological polar surface area (TPSA) is 146 Å². The molecular weight excluding hydrogens is 539 g/mol. The summed E-state index contributed by atoms with van der Waals surface area (Å²) in [4.78, 5) is 15.4. The van der Waals surface area contributed by atoms with Gasteiger partial charge in [0.25, 0.3) is 15.9 Å². The quantitative estimate of drug-likeness (QED) is 0.261. The predicted molar refractivity (Wildman–Crippen MR) is 127 cm³/mol. The molecule has 1 amide bonds. The first-order valence-electron chi connectivity index (χ1n) is 10.4. The van der Waals surface area contributed by atoms with Crippen molar-refractivity contribution in [3.05, 3.63) is 64.7 Å². The summed E-state index contributed by atoms with van der Waals surface area (Å²) in [5.74, 6) is -4.75. The largest absolute Gasteiger partial charge is 0.480 e. The number of benzene rings is 2. The monoisotopic (exact) mass is 555 g/mol. The zero-order valence-corrected chi connectivity index (χ0v) is 20.3. The minimum absolute atomic E-state index is 0.0231. The van der Waals surface area contributed by atoms with Crippen LogP contribution in [0.3, 0.4) is 0 Å². The number of fused-ring (bicyclic) bond motifs is 1. The Morgan fingerprint density at radius 1 is 1.19 bits per heavy atom. The minimum atomic E-state index is -4.53. The van der Waals surface area contributed by atoms with Crippen LogP contribution in [0.2, 0.25) is 5.02 Å². The van der Waals surface area contributed by atoms with Crippen molar-refractivity contribution in [2.75, 3.05) is 25.0 Å². The summed E-state index contributed by atoms with van der Waals surface area (Å²) in [6.07, 6.45) is 1.14. The third-order valence-corrected chi connectivity index (χ3v) is 6.73. The highest BCUT2D eigenvalue weighted by atomic mass is 35.5. The van der Waals surface area contributed by atoms with E-state index in [4.69, 9.17) is 21.4 Å². The second-order valence-corrected chi connectivity index (χ2v) is 9.54. The number of nitrogens with zero attached hydrogens (tertiary/aromatic N) is 2. The highest BCUT2D eigenvalue weighted by Crippen LogP contribution is 2.36. The maximum atomic E-state index is 15.5. The van der Waals surface area contributed by atoms with E-state index < -0.39 is 55.1 Å². The van der Waals surface area contributed by atoms with Gasteiger partial charge >= 0.3 is 0 Å². The molecule has 0 fully saturated rings. The number of hydrogen-bond acceptors (Lipinski definition) is 7. The lowest BCUT2D eigenvalue weighted by atomic mass is 10.0. The summed E-state index contributed by atoms with van der Waals surface area (Å²) in [6, 6.07) is 4.86. The van der Waals surface area contributed by atoms with E-state index in [1.165, 1.54) is 13.2 Å². The number of nitrogens with one attached hydrogen (secondary N) is 3. The number of aliphatic hydroxyl groups excluding tert-OH is 1. The Balaban J connectivity index is 1.78. The van der Waals surface area contributed by atoms with Gasteiger partial charge in [0, 0.05) is 23.7 Å². The molecule has 0 saturated carbocycles. The van der Waals surface area contributed by atoms with Crippen LogP contribution in [0.1, 0.15) is 10.5 Å². The van der Waals surface area contributed by atoms with Gasteiger partial charge in [-0.1, -0.05) is 17.7 Å². The number of hydrogen-bond donors (Lipinski definition) is 4. The molecular formula is C22H17ClF3N5O5S. The summed E-state index contributed by atoms with van der Waals surface area (Å²) in [7, 11) is -3.36. The van der Waals surface area contributed by atoms with E-state index in [0.29, 0.717) is 0 Å². The third-order valence-electron chi connectivity index (χ3n) is 5.16. The van der Waals surface area contributed by atoms with Gasteiger partial charge in [0.1, 0.15) is 11.3 Å². The van der Waals surface area contributed by atoms with Crippen molar-refractivity contribution in [1.29, 1.82) is 0 Å². The molecule has 0 aliphatic heterocycles. The Morgan fingerprint density at radius 3 is 2.65 bits per heavy atom. The molecule has 37 heavy (non-hydrogen) atoms. The maximum absolute atomic E-state index is 15.5. The van der Waals surface area contributed by atoms with Gasteiger partial charge in [-0.2, -0.15) is 5.10 Å². The fraction of sp³-hybridized carbons (Fsp3) is 0.136. The third kappa shape index (κ3) is 4.90. The van der Waals surface area contributed by atoms with Crippen LogP contribution in [0.15, 0.2) is 41.4 Å². The van der Waals surface area contributed by atoms with Crippen LogP contribution in [0.25, 0.3) is 22.0 Å². The molecule has 0 spiro atoms. The number of amides is 1. The van der Waals surface area contributed by atoms with Gasteiger partial charge in [0.2, 0.25) is 5.88 Å². The van der Waals surface area contributed by atoms with Crippen molar-refractivity contribution in [1.82, 2.24) is 20.5 Å². The van der Waals surface area contributed by atoms with Crippen LogP contribution in [0.5, 0.6) is 5.88 Å². The van der Waals surface area contributed by atoms with Gasteiger partial charge in [-0.15, -0.1) is 0 Å². The number of anilines is 1. The number of aliphatic hydroxyl groups is 1. The Hall–Kier alpha value is -3.88. The molecule has 2 aromatic carbocycles. The Labute approximate surface area is 212 Å². The molecule has 10 nitrogen and oxygen atoms in total. The van der Waals surface area contributed by atoms with Crippen LogP contribution >= 0.6 is 11.6 Å². The molecule has 0 saturated heterocycles. The molecule has 0 aliphatic rings. The van der Waals surface area contributed by atoms with E-state index in [2.05, 4.69) is 20.5 Å². The van der Waals surface area contributed by atoms with Gasteiger partial charge < -0.3 is 15.2 Å². The lowest BCUT2D eigenvalue weighted by molar-refractivity contribution is 0.0941. The van der Waals surface area contributed by atoms with E-state index in [1.54, 1.807) is 0 Å². The SMILES string of the molecule is COc1ncc(Cl)cc1S(=O)(=O)Nc1ccc(F)c(-c2ccc3c(C(=O)NCCO)n[nH]c3c2F)c1F. The number of ether oxygens (including phenoxy) is 1. The number of halogens is 4. The zero-order valence-electron chi connectivity index (χ0n) is 18.8. The lowest BCUT2D eigenvalue weighted by Gasteiger charge is -2.14. The predicted octanol–water partition coefficient (Wildman–Crippen LogP) is 3.23. The van der Waals surface area contributed by atoms with Crippen molar-refractivity contribution in [2.24, 2.45) is 0 Å². The fourth-order valence-corrected chi connectivity index (χ4v) is 4.93. The number of aromatic amines is 1. The van der Waals surface area contributed by atoms with E-state index in [-0.39, 0.29) is 40.7 Å². The van der Waals surface area contributed by atoms with Crippen LogP contribution in [-0.2, 0) is 10.0 Å². The van der Waals surface area contributed by atoms with Crippen molar-refractivity contribution < 1.29 is 36.2 Å². The molecule has 15 heteroatoms. The molecule has 0 atom stereocenters. The van der Waals surface area contributed by atoms with Crippen molar-refractivity contribution in [2.45, 2.75) is 4.90 Å². The van der Waals surface area contributed by atoms with Gasteiger partial charge in [0.15, 0.2) is 22.2 Å². The molecule has 0 bridgehead atoms. The standard InChI is InChI=1S/C22H17ClF3N5O5S/c1-36-22-15(8-10(23)9-28-22)37(34,35)31-14-5-4-13(24)16(18(14)26)11-2-3-12-19(17(11)25)29-30-20(12)21(33)27-6-7-32/h2-5,8-9,31-32H,6-7H2,1H3,(H,27,33)(H,29,30). The molecule has 0 aliphatic carbocycles. The first-order chi connectivity index (χ1) is 17.6. The van der Waals surface area contributed by atoms with Crippen LogP contribution in [0.4, 0.5) is 18.9 Å². The second kappa shape index (κ2) is 10.2. The average molecular weight is 556 g/mol. The van der Waals surface area contributed by atoms with Crippen LogP contribution in [0, 0.1) is 17.5 Å². The number of methoxy groups -OCH3 is 1. The minimum Gasteiger partial charge on any atom is -0.480 e. The summed E-state index contributed by atoms with van der Waals surface area (Å²) < 4.78 is 78.3. The molecule has 2 heterocycles. The number of carbonyl (C=O) groups excluding carboxylic acids is 1. The van der Waals surface area contributed by atoms with Crippen LogP contribution < -0.4 is 14.8 Å². The number of pyridine rings is 1. The molecule has 4 N–H and O–H groups in total. The van der Waals surface area contributed by atoms with Crippen LogP contribution in [-0.4, -0.2) is 54.9 Å². The van der Waals surface area contributed by atoms with E-state index in [1.807, 2.05) is 4.72 Å². The van der Waals surface area contributed by atoms with E-state index in [0.717, 1.165) is 30.5 Å². The summed E-state index contributed by atoms with van der Waals surface area (Å²) in [6.45, 7) is -0.393. The number of aromatic nitrogens is 3. The van der Waals surface area contributed by atoms with Gasteiger partial charge in [-0.05, 0) is 24.3 Å². The van der Waals surface area contributed by atoms with E-state index >= 15 is 8.78 Å². The van der Waals surface area contributed by atoms with Crippen molar-refractivity contribution in [3.8, 4) is 17.0 Å². The summed E-state index contributed by atoms with van der Waals surface area (Å²) in [5, 5.41) is 17.3. The second-order valence-electron chi connectivity index (χ2n) is 7.45. The van der Waals surface area contributed by atoms with E-state index in [9.17, 15) is 17.6 Å². The highest BCUT2D eigenvalue weighted by Gasteiger charge is 2.27. The normalized spacial score (nSPS) is 11.5. The lowest BCUT2D eigenvalue weighted by Crippen LogP contribution is -2.26. The summed E-state index contributed by atoms with van der Waals surface area (Å²) in [5.41, 5.74) is -2.62. The smallest absolute Gasteiger partial charge is 0.272 e. The summed E-state index contributed by atoms with van der Waals surface area (Å²) >= 11 is 5.83. The Kier molecular flexibility index (Phi) is 7.25. The molecule has 2 aromatic heterocycles. The highest BCUT2D eigenvalue weighted by molar-refractivity contribution is 7.92. The van der Waals surface area contributed by atoms with Crippen molar-refractivity contribution in [3.63, 3.8) is 0 Å². The number of H-pyrrole nitrogens is 1. The van der Waals surface area contributed by atoms with Gasteiger partial charge in [-0.3, -0.25) is 14.6 Å². The van der Waals surface area contributed by atoms with Gasteiger partial charge in [0.05, 0.1) is 30.0 Å². The number of sulfonamides is 1. The average Bonchev–Trinajstić information content (AvgIpc) is 3.31. The molecule has 4 rings (SSSR count). The first-order valence-corrected chi connectivity index (χ1v) is 12.2. The van der Waals surface area contributed by atoms with Gasteiger partial charge in [-0.25, -0.2) is 26.6 Å². The number of rotatable bonds is 8. The maximum Gasteiger partial charge on any atom is 0.272 e. The Bertz CT molecular complexity index is 1630. The fourth-order valence-electron chi connectivity index (χ4n) is 3.51.